The van der Waals surface area contributed by atoms with Crippen LogP contribution in [0.2, 0.25) is 0 Å². The van der Waals surface area contributed by atoms with Crippen molar-refractivity contribution in [2.75, 3.05) is 5.32 Å². The highest BCUT2D eigenvalue weighted by molar-refractivity contribution is 5.41. The summed E-state index contributed by atoms with van der Waals surface area (Å²) in [4.78, 5) is 4.46. The normalized spacial score (nSPS) is 13.6. The molecule has 1 aromatic rings. The van der Waals surface area contributed by atoms with Crippen LogP contribution in [-0.2, 0) is 0 Å². The minimum absolute atomic E-state index is 0.00429. The van der Waals surface area contributed by atoms with Crippen molar-refractivity contribution >= 4 is 5.82 Å². The van der Waals surface area contributed by atoms with Crippen molar-refractivity contribution in [2.24, 2.45) is 0 Å². The Bertz CT molecular complexity index is 355. The molecule has 0 saturated carbocycles. The Morgan fingerprint density at radius 3 is 2.44 bits per heavy atom. The minimum Gasteiger partial charge on any atom is -0.388 e. The van der Waals surface area contributed by atoms with Crippen molar-refractivity contribution in [3.05, 3.63) is 23.4 Å². The Balaban J connectivity index is 2.91. The highest BCUT2D eigenvalue weighted by Gasteiger charge is 2.13. The number of hydrogen-bond donors (Lipinski definition) is 2. The monoisotopic (exact) mass is 222 g/mol. The zero-order valence-electron chi connectivity index (χ0n) is 10.8. The van der Waals surface area contributed by atoms with E-state index < -0.39 is 6.10 Å². The van der Waals surface area contributed by atoms with Crippen LogP contribution >= 0.6 is 0 Å². The summed E-state index contributed by atoms with van der Waals surface area (Å²) in [7, 11) is 0. The Hall–Kier alpha value is -1.09. The van der Waals surface area contributed by atoms with Crippen LogP contribution in [0.1, 0.15) is 51.5 Å². The summed E-state index contributed by atoms with van der Waals surface area (Å²) in [6.07, 6.45) is 0.311. The van der Waals surface area contributed by atoms with E-state index in [-0.39, 0.29) is 5.54 Å². The van der Waals surface area contributed by atoms with Crippen molar-refractivity contribution in [3.8, 4) is 0 Å². The topological polar surface area (TPSA) is 45.1 Å². The molecule has 1 rings (SSSR count). The molecule has 0 aliphatic heterocycles. The molecule has 0 saturated heterocycles. The zero-order valence-corrected chi connectivity index (χ0v) is 10.8. The number of pyridine rings is 1. The van der Waals surface area contributed by atoms with Crippen molar-refractivity contribution in [2.45, 2.75) is 52.7 Å². The summed E-state index contributed by atoms with van der Waals surface area (Å²) < 4.78 is 0. The van der Waals surface area contributed by atoms with Gasteiger partial charge in [0.2, 0.25) is 0 Å². The minimum atomic E-state index is -0.406. The van der Waals surface area contributed by atoms with Crippen LogP contribution in [-0.4, -0.2) is 15.6 Å². The first-order chi connectivity index (χ1) is 7.33. The number of hydrogen-bond acceptors (Lipinski definition) is 3. The molecule has 0 fully saturated rings. The van der Waals surface area contributed by atoms with Gasteiger partial charge in [-0.15, -0.1) is 0 Å². The predicted molar refractivity (Wildman–Crippen MR) is 67.6 cm³/mol. The van der Waals surface area contributed by atoms with E-state index in [0.29, 0.717) is 6.42 Å². The predicted octanol–water partition coefficient (Wildman–Crippen LogP) is 3.04. The number of aliphatic hydroxyl groups excluding tert-OH is 1. The highest BCUT2D eigenvalue weighted by Crippen LogP contribution is 2.21. The number of nitrogens with one attached hydrogen (secondary N) is 1. The summed E-state index contributed by atoms with van der Waals surface area (Å²) in [6, 6.07) is 3.87. The maximum atomic E-state index is 9.77. The zero-order chi connectivity index (χ0) is 12.3. The molecule has 1 aromatic heterocycles. The molecular weight excluding hydrogens is 200 g/mol. The second kappa shape index (κ2) is 4.83. The van der Waals surface area contributed by atoms with E-state index in [9.17, 15) is 5.11 Å². The van der Waals surface area contributed by atoms with Crippen LogP contribution < -0.4 is 5.32 Å². The number of rotatable bonds is 3. The molecule has 1 heterocycles. The van der Waals surface area contributed by atoms with Crippen LogP contribution in [0.15, 0.2) is 12.1 Å². The SMILES string of the molecule is CC[C@H](O)c1ccc(NC(C)(C)C)nc1C. The second-order valence-corrected chi connectivity index (χ2v) is 5.17. The van der Waals surface area contributed by atoms with E-state index in [0.717, 1.165) is 17.1 Å². The smallest absolute Gasteiger partial charge is 0.126 e. The third-order valence-electron chi connectivity index (χ3n) is 2.38. The van der Waals surface area contributed by atoms with Gasteiger partial charge < -0.3 is 10.4 Å². The molecule has 3 nitrogen and oxygen atoms in total. The van der Waals surface area contributed by atoms with E-state index >= 15 is 0 Å². The van der Waals surface area contributed by atoms with Crippen molar-refractivity contribution in [1.29, 1.82) is 0 Å². The molecular formula is C13H22N2O. The first-order valence-electron chi connectivity index (χ1n) is 5.77. The van der Waals surface area contributed by atoms with E-state index in [2.05, 4.69) is 31.1 Å². The molecule has 0 aliphatic carbocycles. The lowest BCUT2D eigenvalue weighted by molar-refractivity contribution is 0.172. The van der Waals surface area contributed by atoms with E-state index in [1.807, 2.05) is 26.0 Å². The van der Waals surface area contributed by atoms with E-state index in [1.54, 1.807) is 0 Å². The number of aryl methyl sites for hydroxylation is 1. The van der Waals surface area contributed by atoms with Crippen LogP contribution in [0.3, 0.4) is 0 Å². The summed E-state index contributed by atoms with van der Waals surface area (Å²) in [5.74, 6) is 0.858. The van der Waals surface area contributed by atoms with Crippen molar-refractivity contribution in [3.63, 3.8) is 0 Å². The molecule has 0 aliphatic rings. The van der Waals surface area contributed by atoms with Crippen molar-refractivity contribution < 1.29 is 5.11 Å². The largest absolute Gasteiger partial charge is 0.388 e. The van der Waals surface area contributed by atoms with Crippen molar-refractivity contribution in [1.82, 2.24) is 4.98 Å². The van der Waals surface area contributed by atoms with Gasteiger partial charge in [-0.3, -0.25) is 0 Å². The summed E-state index contributed by atoms with van der Waals surface area (Å²) >= 11 is 0. The molecule has 90 valence electrons. The fourth-order valence-electron chi connectivity index (χ4n) is 1.60. The fourth-order valence-corrected chi connectivity index (χ4v) is 1.60. The second-order valence-electron chi connectivity index (χ2n) is 5.17. The molecule has 0 amide bonds. The average Bonchev–Trinajstić information content (AvgIpc) is 2.14. The van der Waals surface area contributed by atoms with Gasteiger partial charge in [0.25, 0.3) is 0 Å². The van der Waals surface area contributed by atoms with Crippen LogP contribution in [0.4, 0.5) is 5.82 Å². The molecule has 1 atom stereocenters. The van der Waals surface area contributed by atoms with Gasteiger partial charge >= 0.3 is 0 Å². The van der Waals surface area contributed by atoms with Gasteiger partial charge in [-0.2, -0.15) is 0 Å². The van der Waals surface area contributed by atoms with Gasteiger partial charge in [0.15, 0.2) is 0 Å². The third kappa shape index (κ3) is 3.49. The van der Waals surface area contributed by atoms with E-state index in [1.165, 1.54) is 0 Å². The molecule has 2 N–H and O–H groups in total. The fraction of sp³-hybridized carbons (Fsp3) is 0.615. The lowest BCUT2D eigenvalue weighted by Gasteiger charge is -2.22. The summed E-state index contributed by atoms with van der Waals surface area (Å²) in [5, 5.41) is 13.1. The molecule has 16 heavy (non-hydrogen) atoms. The van der Waals surface area contributed by atoms with Gasteiger partial charge in [0.1, 0.15) is 5.82 Å². The Kier molecular flexibility index (Phi) is 3.92. The number of anilines is 1. The van der Waals surface area contributed by atoms with Gasteiger partial charge in [0, 0.05) is 16.8 Å². The summed E-state index contributed by atoms with van der Waals surface area (Å²) in [6.45, 7) is 10.2. The van der Waals surface area contributed by atoms with Gasteiger partial charge in [0.05, 0.1) is 6.10 Å². The lowest BCUT2D eigenvalue weighted by Crippen LogP contribution is -2.26. The van der Waals surface area contributed by atoms with E-state index in [4.69, 9.17) is 0 Å². The number of aromatic nitrogens is 1. The van der Waals surface area contributed by atoms with Crippen LogP contribution in [0, 0.1) is 6.92 Å². The first kappa shape index (κ1) is 13.0. The molecule has 0 unspecified atom stereocenters. The molecule has 0 aromatic carbocycles. The Morgan fingerprint density at radius 2 is 2.00 bits per heavy atom. The highest BCUT2D eigenvalue weighted by atomic mass is 16.3. The average molecular weight is 222 g/mol. The van der Waals surface area contributed by atoms with Gasteiger partial charge in [-0.05, 0) is 40.2 Å². The Labute approximate surface area is 97.9 Å². The Morgan fingerprint density at radius 1 is 1.38 bits per heavy atom. The maximum absolute atomic E-state index is 9.77. The third-order valence-corrected chi connectivity index (χ3v) is 2.38. The molecule has 0 spiro atoms. The number of nitrogens with zero attached hydrogens (tertiary/aromatic N) is 1. The van der Waals surface area contributed by atoms with Crippen LogP contribution in [0.5, 0.6) is 0 Å². The number of aliphatic hydroxyl groups is 1. The van der Waals surface area contributed by atoms with Gasteiger partial charge in [-0.1, -0.05) is 13.0 Å². The van der Waals surface area contributed by atoms with Crippen LogP contribution in [0.25, 0.3) is 0 Å². The molecule has 0 bridgehead atoms. The standard InChI is InChI=1S/C13H22N2O/c1-6-11(16)10-7-8-12(14-9(10)2)15-13(3,4)5/h7-8,11,16H,6H2,1-5H3,(H,14,15)/t11-/m0/s1. The quantitative estimate of drug-likeness (QED) is 0.826. The first-order valence-corrected chi connectivity index (χ1v) is 5.77. The molecule has 3 heteroatoms. The van der Waals surface area contributed by atoms with Gasteiger partial charge in [-0.25, -0.2) is 4.98 Å². The summed E-state index contributed by atoms with van der Waals surface area (Å²) in [5.41, 5.74) is 1.81. The molecule has 0 radical (unpaired) electrons. The maximum Gasteiger partial charge on any atom is 0.126 e. The lowest BCUT2D eigenvalue weighted by atomic mass is 10.1.